The number of fused-ring (bicyclic) bond motifs is 2. The first-order valence-corrected chi connectivity index (χ1v) is 13.2. The van der Waals surface area contributed by atoms with E-state index in [1.165, 1.54) is 16.9 Å². The number of carbonyl (C=O) groups is 2. The predicted octanol–water partition coefficient (Wildman–Crippen LogP) is 3.30. The summed E-state index contributed by atoms with van der Waals surface area (Å²) in [7, 11) is 2.05. The molecular formula is C26H31N5O3S. The Morgan fingerprint density at radius 3 is 2.83 bits per heavy atom. The third-order valence-corrected chi connectivity index (χ3v) is 8.57. The molecule has 0 spiro atoms. The first kappa shape index (κ1) is 22.5. The van der Waals surface area contributed by atoms with Crippen molar-refractivity contribution in [3.63, 3.8) is 0 Å². The summed E-state index contributed by atoms with van der Waals surface area (Å²) in [5.41, 5.74) is 3.46. The highest BCUT2D eigenvalue weighted by Crippen LogP contribution is 2.38. The second kappa shape index (κ2) is 8.34. The number of aromatic nitrogens is 2. The number of carbonyl (C=O) groups excluding carboxylic acids is 2. The Morgan fingerprint density at radius 2 is 2.06 bits per heavy atom. The Hall–Kier alpha value is -2.91. The van der Waals surface area contributed by atoms with E-state index in [2.05, 4.69) is 40.2 Å². The number of ether oxygens (including phenoxy) is 1. The number of likely N-dealkylation sites (tertiary alicyclic amines) is 1. The van der Waals surface area contributed by atoms with Gasteiger partial charge in [0.15, 0.2) is 5.13 Å². The van der Waals surface area contributed by atoms with Crippen molar-refractivity contribution >= 4 is 39.2 Å². The predicted molar refractivity (Wildman–Crippen MR) is 136 cm³/mol. The molecule has 1 atom stereocenters. The molecule has 6 rings (SSSR count). The monoisotopic (exact) mass is 493 g/mol. The summed E-state index contributed by atoms with van der Waals surface area (Å²) in [6, 6.07) is 6.17. The number of hydrogen-bond acceptors (Lipinski definition) is 6. The Morgan fingerprint density at radius 1 is 1.26 bits per heavy atom. The van der Waals surface area contributed by atoms with Crippen LogP contribution in [0.25, 0.3) is 10.9 Å². The van der Waals surface area contributed by atoms with Crippen molar-refractivity contribution in [3.05, 3.63) is 46.1 Å². The lowest BCUT2D eigenvalue weighted by Gasteiger charge is -2.35. The van der Waals surface area contributed by atoms with Crippen molar-refractivity contribution < 1.29 is 14.3 Å². The van der Waals surface area contributed by atoms with Gasteiger partial charge in [0.1, 0.15) is 4.88 Å². The zero-order valence-corrected chi connectivity index (χ0v) is 21.3. The number of nitrogens with zero attached hydrogens (tertiary/aromatic N) is 4. The van der Waals surface area contributed by atoms with Gasteiger partial charge >= 0.3 is 0 Å². The van der Waals surface area contributed by atoms with Crippen molar-refractivity contribution in [1.82, 2.24) is 19.8 Å². The number of hydrogen-bond donors (Lipinski definition) is 1. The normalized spacial score (nSPS) is 21.6. The van der Waals surface area contributed by atoms with Crippen molar-refractivity contribution in [2.75, 3.05) is 37.7 Å². The van der Waals surface area contributed by atoms with Gasteiger partial charge in [-0.2, -0.15) is 0 Å². The standard InChI is InChI=1S/C26H31N5O3S/c1-26(2)22-21(23(32)28-26)35-25(27-22)31-10-11-34-15-18(31)12-17-14-29(3)20-7-6-16(13-19(17)20)24(33)30-8-4-5-9-30/h6-7,13-14,18H,4-5,8-12,15H2,1-3H3,(H,28,32)/t18-/m0/s1. The molecule has 2 amide bonds. The molecule has 3 aliphatic heterocycles. The van der Waals surface area contributed by atoms with Crippen LogP contribution in [0, 0.1) is 0 Å². The third kappa shape index (κ3) is 3.81. The third-order valence-electron chi connectivity index (χ3n) is 7.48. The molecule has 3 aromatic rings. The molecule has 8 nitrogen and oxygen atoms in total. The molecule has 2 saturated heterocycles. The van der Waals surface area contributed by atoms with Gasteiger partial charge in [-0.3, -0.25) is 9.59 Å². The van der Waals surface area contributed by atoms with E-state index in [0.717, 1.165) is 66.2 Å². The Bertz CT molecular complexity index is 1320. The lowest BCUT2D eigenvalue weighted by atomic mass is 10.0. The zero-order valence-electron chi connectivity index (χ0n) is 20.5. The smallest absolute Gasteiger partial charge is 0.264 e. The average molecular weight is 494 g/mol. The summed E-state index contributed by atoms with van der Waals surface area (Å²) in [4.78, 5) is 35.4. The van der Waals surface area contributed by atoms with Crippen molar-refractivity contribution in [3.8, 4) is 0 Å². The van der Waals surface area contributed by atoms with Crippen LogP contribution >= 0.6 is 11.3 Å². The van der Waals surface area contributed by atoms with E-state index in [9.17, 15) is 9.59 Å². The minimum Gasteiger partial charge on any atom is -0.377 e. The Kier molecular flexibility index (Phi) is 5.37. The number of rotatable bonds is 4. The maximum Gasteiger partial charge on any atom is 0.264 e. The van der Waals surface area contributed by atoms with Crippen LogP contribution in [0.3, 0.4) is 0 Å². The van der Waals surface area contributed by atoms with E-state index >= 15 is 0 Å². The molecule has 5 heterocycles. The van der Waals surface area contributed by atoms with Gasteiger partial charge in [0, 0.05) is 49.3 Å². The van der Waals surface area contributed by atoms with Crippen LogP contribution in [0.2, 0.25) is 0 Å². The minimum atomic E-state index is -0.448. The van der Waals surface area contributed by atoms with Crippen LogP contribution in [0.15, 0.2) is 24.4 Å². The summed E-state index contributed by atoms with van der Waals surface area (Å²) in [5, 5.41) is 5.01. The maximum atomic E-state index is 13.0. The van der Waals surface area contributed by atoms with Gasteiger partial charge in [0.2, 0.25) is 0 Å². The molecule has 2 fully saturated rings. The molecule has 3 aliphatic rings. The lowest BCUT2D eigenvalue weighted by molar-refractivity contribution is 0.0792. The fourth-order valence-electron chi connectivity index (χ4n) is 5.61. The van der Waals surface area contributed by atoms with Crippen molar-refractivity contribution in [2.24, 2.45) is 7.05 Å². The number of morpholine rings is 1. The molecule has 0 saturated carbocycles. The SMILES string of the molecule is Cn1cc(C[C@H]2COCCN2c2nc3c(s2)C(=O)NC3(C)C)c2cc(C(=O)N3CCCC3)ccc21. The fourth-order valence-corrected chi connectivity index (χ4v) is 6.83. The number of benzene rings is 1. The number of thiazole rings is 1. The highest BCUT2D eigenvalue weighted by atomic mass is 32.1. The first-order valence-electron chi connectivity index (χ1n) is 12.4. The number of aryl methyl sites for hydroxylation is 1. The molecule has 2 aromatic heterocycles. The highest BCUT2D eigenvalue weighted by Gasteiger charge is 2.40. The number of anilines is 1. The number of nitrogens with one attached hydrogen (secondary N) is 1. The fraction of sp³-hybridized carbons (Fsp3) is 0.500. The molecule has 184 valence electrons. The van der Waals surface area contributed by atoms with Gasteiger partial charge < -0.3 is 24.4 Å². The Balaban J connectivity index is 1.31. The van der Waals surface area contributed by atoms with E-state index in [0.29, 0.717) is 18.1 Å². The molecule has 0 bridgehead atoms. The van der Waals surface area contributed by atoms with Crippen molar-refractivity contribution in [1.29, 1.82) is 0 Å². The second-order valence-electron chi connectivity index (χ2n) is 10.4. The average Bonchev–Trinajstić information content (AvgIpc) is 3.61. The quantitative estimate of drug-likeness (QED) is 0.603. The highest BCUT2D eigenvalue weighted by molar-refractivity contribution is 7.17. The van der Waals surface area contributed by atoms with Crippen LogP contribution in [-0.2, 0) is 23.7 Å². The first-order chi connectivity index (χ1) is 16.8. The molecular weight excluding hydrogens is 462 g/mol. The van der Waals surface area contributed by atoms with Crippen LogP contribution in [-0.4, -0.2) is 65.2 Å². The van der Waals surface area contributed by atoms with Gasteiger partial charge in [-0.25, -0.2) is 4.98 Å². The molecule has 0 aliphatic carbocycles. The van der Waals surface area contributed by atoms with Crippen LogP contribution in [0.5, 0.6) is 0 Å². The molecule has 0 unspecified atom stereocenters. The van der Waals surface area contributed by atoms with E-state index in [1.807, 2.05) is 24.8 Å². The van der Waals surface area contributed by atoms with Gasteiger partial charge in [0.05, 0.1) is 30.5 Å². The largest absolute Gasteiger partial charge is 0.377 e. The summed E-state index contributed by atoms with van der Waals surface area (Å²) in [6.45, 7) is 7.66. The van der Waals surface area contributed by atoms with E-state index < -0.39 is 5.54 Å². The molecule has 1 aromatic carbocycles. The second-order valence-corrected chi connectivity index (χ2v) is 11.4. The van der Waals surface area contributed by atoms with Gasteiger partial charge in [0.25, 0.3) is 11.8 Å². The zero-order chi connectivity index (χ0) is 24.3. The van der Waals surface area contributed by atoms with E-state index in [-0.39, 0.29) is 17.9 Å². The lowest BCUT2D eigenvalue weighted by Crippen LogP contribution is -2.47. The van der Waals surface area contributed by atoms with Crippen LogP contribution < -0.4 is 10.2 Å². The minimum absolute atomic E-state index is 0.0391. The molecule has 9 heteroatoms. The number of amides is 2. The van der Waals surface area contributed by atoms with Crippen LogP contribution in [0.1, 0.15) is 58.0 Å². The van der Waals surface area contributed by atoms with Gasteiger partial charge in [-0.1, -0.05) is 11.3 Å². The molecule has 35 heavy (non-hydrogen) atoms. The van der Waals surface area contributed by atoms with E-state index in [1.54, 1.807) is 0 Å². The van der Waals surface area contributed by atoms with Crippen LogP contribution in [0.4, 0.5) is 5.13 Å². The van der Waals surface area contributed by atoms with Gasteiger partial charge in [-0.05, 0) is 56.9 Å². The van der Waals surface area contributed by atoms with Gasteiger partial charge in [-0.15, -0.1) is 0 Å². The van der Waals surface area contributed by atoms with Crippen molar-refractivity contribution in [2.45, 2.75) is 44.7 Å². The summed E-state index contributed by atoms with van der Waals surface area (Å²) in [5.74, 6) is 0.0860. The summed E-state index contributed by atoms with van der Waals surface area (Å²) < 4.78 is 8.01. The molecule has 0 radical (unpaired) electrons. The maximum absolute atomic E-state index is 13.0. The summed E-state index contributed by atoms with van der Waals surface area (Å²) >= 11 is 1.47. The molecule has 1 N–H and O–H groups in total. The van der Waals surface area contributed by atoms with E-state index in [4.69, 9.17) is 9.72 Å². The Labute approximate surface area is 208 Å². The summed E-state index contributed by atoms with van der Waals surface area (Å²) in [6.07, 6.45) is 5.11. The topological polar surface area (TPSA) is 79.7 Å².